The third kappa shape index (κ3) is 7.10. The predicted molar refractivity (Wildman–Crippen MR) is 101 cm³/mol. The fourth-order valence-corrected chi connectivity index (χ4v) is 2.88. The number of hydrogen-bond donors (Lipinski definition) is 2. The molecular weight excluding hydrogens is 366 g/mol. The van der Waals surface area contributed by atoms with Crippen molar-refractivity contribution in [1.29, 1.82) is 0 Å². The summed E-state index contributed by atoms with van der Waals surface area (Å²) in [6, 6.07) is 8.57. The van der Waals surface area contributed by atoms with Crippen molar-refractivity contribution in [2.24, 2.45) is 0 Å². The fraction of sp³-hybridized carbons (Fsp3) is 0.600. The first-order valence-corrected chi connectivity index (χ1v) is 9.56. The van der Waals surface area contributed by atoms with Gasteiger partial charge in [0.25, 0.3) is 0 Å². The Balaban J connectivity index is 2.11. The van der Waals surface area contributed by atoms with Gasteiger partial charge in [0.2, 0.25) is 0 Å². The highest BCUT2D eigenvalue weighted by atomic mass is 16.6. The normalized spacial score (nSPS) is 25.9. The van der Waals surface area contributed by atoms with E-state index in [1.54, 1.807) is 6.92 Å². The van der Waals surface area contributed by atoms with Gasteiger partial charge in [0.15, 0.2) is 6.04 Å². The minimum Gasteiger partial charge on any atom is -0.465 e. The SMILES string of the molecule is CCCCO[C@H]1COC[C@H](NC(=O)O)C(=O)O[C@@H](C)[C@@H]1OCc1ccccc1. The Morgan fingerprint density at radius 1 is 1.25 bits per heavy atom. The molecule has 0 aromatic heterocycles. The number of carbonyl (C=O) groups excluding carboxylic acids is 1. The van der Waals surface area contributed by atoms with Gasteiger partial charge in [0.05, 0.1) is 19.8 Å². The molecule has 8 nitrogen and oxygen atoms in total. The second kappa shape index (κ2) is 11.6. The molecule has 2 rings (SSSR count). The van der Waals surface area contributed by atoms with E-state index in [2.05, 4.69) is 12.2 Å². The lowest BCUT2D eigenvalue weighted by atomic mass is 10.1. The van der Waals surface area contributed by atoms with Crippen LogP contribution in [0.1, 0.15) is 32.3 Å². The molecule has 0 spiro atoms. The Morgan fingerprint density at radius 3 is 2.68 bits per heavy atom. The number of carboxylic acid groups (broad SMARTS) is 1. The number of unbranched alkanes of at least 4 members (excludes halogenated alkanes) is 1. The summed E-state index contributed by atoms with van der Waals surface area (Å²) in [6.45, 7) is 4.69. The Morgan fingerprint density at radius 2 is 2.00 bits per heavy atom. The van der Waals surface area contributed by atoms with Crippen molar-refractivity contribution in [3.8, 4) is 0 Å². The van der Waals surface area contributed by atoms with Crippen LogP contribution in [0.5, 0.6) is 0 Å². The topological polar surface area (TPSA) is 103 Å². The molecule has 0 aliphatic carbocycles. The number of amides is 1. The van der Waals surface area contributed by atoms with Crippen molar-refractivity contribution in [3.05, 3.63) is 35.9 Å². The first-order chi connectivity index (χ1) is 13.5. The number of esters is 1. The average molecular weight is 395 g/mol. The zero-order chi connectivity index (χ0) is 20.4. The minimum atomic E-state index is -1.31. The summed E-state index contributed by atoms with van der Waals surface area (Å²) in [7, 11) is 0. The molecule has 8 heteroatoms. The molecule has 1 heterocycles. The summed E-state index contributed by atoms with van der Waals surface area (Å²) in [5.74, 6) is -0.697. The van der Waals surface area contributed by atoms with Gasteiger partial charge in [-0.2, -0.15) is 0 Å². The summed E-state index contributed by atoms with van der Waals surface area (Å²) >= 11 is 0. The Kier molecular flexibility index (Phi) is 9.19. The van der Waals surface area contributed by atoms with Gasteiger partial charge in [-0.25, -0.2) is 9.59 Å². The molecule has 4 atom stereocenters. The van der Waals surface area contributed by atoms with E-state index in [-0.39, 0.29) is 13.2 Å². The van der Waals surface area contributed by atoms with Crippen LogP contribution in [-0.4, -0.2) is 61.3 Å². The van der Waals surface area contributed by atoms with Gasteiger partial charge in [-0.05, 0) is 18.9 Å². The summed E-state index contributed by atoms with van der Waals surface area (Å²) < 4.78 is 23.1. The molecule has 0 radical (unpaired) electrons. The van der Waals surface area contributed by atoms with Gasteiger partial charge in [-0.3, -0.25) is 0 Å². The quantitative estimate of drug-likeness (QED) is 0.514. The van der Waals surface area contributed by atoms with Gasteiger partial charge in [0, 0.05) is 6.61 Å². The molecule has 0 saturated carbocycles. The fourth-order valence-electron chi connectivity index (χ4n) is 2.88. The van der Waals surface area contributed by atoms with Crippen molar-refractivity contribution in [1.82, 2.24) is 5.32 Å². The maximum absolute atomic E-state index is 12.3. The maximum atomic E-state index is 12.3. The van der Waals surface area contributed by atoms with Gasteiger partial charge >= 0.3 is 12.1 Å². The van der Waals surface area contributed by atoms with E-state index in [4.69, 9.17) is 24.1 Å². The molecule has 1 aliphatic heterocycles. The van der Waals surface area contributed by atoms with Crippen LogP contribution in [0, 0.1) is 0 Å². The lowest BCUT2D eigenvalue weighted by Gasteiger charge is -2.30. The molecule has 1 aromatic rings. The molecule has 1 amide bonds. The molecule has 28 heavy (non-hydrogen) atoms. The largest absolute Gasteiger partial charge is 0.465 e. The van der Waals surface area contributed by atoms with Crippen LogP contribution >= 0.6 is 0 Å². The number of cyclic esters (lactones) is 1. The second-order valence-electron chi connectivity index (χ2n) is 6.71. The van der Waals surface area contributed by atoms with Crippen LogP contribution in [-0.2, 0) is 30.3 Å². The number of carbonyl (C=O) groups is 2. The van der Waals surface area contributed by atoms with Crippen molar-refractivity contribution >= 4 is 12.1 Å². The lowest BCUT2D eigenvalue weighted by Crippen LogP contribution is -2.46. The highest BCUT2D eigenvalue weighted by molar-refractivity contribution is 5.81. The smallest absolute Gasteiger partial charge is 0.405 e. The monoisotopic (exact) mass is 395 g/mol. The molecule has 156 valence electrons. The van der Waals surface area contributed by atoms with Gasteiger partial charge in [-0.1, -0.05) is 43.7 Å². The number of ether oxygens (including phenoxy) is 4. The van der Waals surface area contributed by atoms with E-state index in [0.717, 1.165) is 18.4 Å². The van der Waals surface area contributed by atoms with Crippen LogP contribution in [0.15, 0.2) is 30.3 Å². The maximum Gasteiger partial charge on any atom is 0.405 e. The Hall–Kier alpha value is -2.16. The lowest BCUT2D eigenvalue weighted by molar-refractivity contribution is -0.169. The number of benzene rings is 1. The highest BCUT2D eigenvalue weighted by Crippen LogP contribution is 2.18. The number of hydrogen-bond acceptors (Lipinski definition) is 6. The van der Waals surface area contributed by atoms with Gasteiger partial charge in [0.1, 0.15) is 18.3 Å². The summed E-state index contributed by atoms with van der Waals surface area (Å²) in [6.07, 6.45) is -1.07. The van der Waals surface area contributed by atoms with E-state index in [9.17, 15) is 9.59 Å². The summed E-state index contributed by atoms with van der Waals surface area (Å²) in [5, 5.41) is 11.0. The summed E-state index contributed by atoms with van der Waals surface area (Å²) in [4.78, 5) is 23.2. The van der Waals surface area contributed by atoms with Crippen LogP contribution in [0.25, 0.3) is 0 Å². The number of nitrogens with one attached hydrogen (secondary N) is 1. The molecule has 1 fully saturated rings. The first-order valence-electron chi connectivity index (χ1n) is 9.56. The molecule has 1 saturated heterocycles. The summed E-state index contributed by atoms with van der Waals surface area (Å²) in [5.41, 5.74) is 0.986. The minimum absolute atomic E-state index is 0.128. The van der Waals surface area contributed by atoms with Gasteiger partial charge in [-0.15, -0.1) is 0 Å². The predicted octanol–water partition coefficient (Wildman–Crippen LogP) is 2.36. The second-order valence-corrected chi connectivity index (χ2v) is 6.71. The Labute approximate surface area is 165 Å². The van der Waals surface area contributed by atoms with E-state index in [0.29, 0.717) is 13.2 Å². The molecule has 0 unspecified atom stereocenters. The molecule has 2 N–H and O–H groups in total. The molecule has 1 aliphatic rings. The van der Waals surface area contributed by atoms with Crippen LogP contribution < -0.4 is 5.32 Å². The molecular formula is C20H29NO7. The first kappa shape index (κ1) is 22.1. The van der Waals surface area contributed by atoms with Crippen LogP contribution in [0.3, 0.4) is 0 Å². The average Bonchev–Trinajstić information content (AvgIpc) is 2.71. The van der Waals surface area contributed by atoms with E-state index in [1.807, 2.05) is 30.3 Å². The third-order valence-corrected chi connectivity index (χ3v) is 4.40. The standard InChI is InChI=1S/C20H29NO7/c1-3-4-10-26-17-13-25-12-16(21-20(23)24)19(22)28-14(2)18(17)27-11-15-8-6-5-7-9-15/h5-9,14,16-18,21H,3-4,10-13H2,1-2H3,(H,23,24)/t14-,16-,17-,18-/m0/s1. The van der Waals surface area contributed by atoms with Crippen molar-refractivity contribution in [2.45, 2.75) is 57.6 Å². The zero-order valence-corrected chi connectivity index (χ0v) is 16.3. The van der Waals surface area contributed by atoms with Crippen LogP contribution in [0.4, 0.5) is 4.79 Å². The van der Waals surface area contributed by atoms with Crippen molar-refractivity contribution < 1.29 is 33.6 Å². The van der Waals surface area contributed by atoms with Crippen molar-refractivity contribution in [2.75, 3.05) is 19.8 Å². The van der Waals surface area contributed by atoms with Crippen LogP contribution in [0.2, 0.25) is 0 Å². The highest BCUT2D eigenvalue weighted by Gasteiger charge is 2.36. The molecule has 1 aromatic carbocycles. The van der Waals surface area contributed by atoms with Gasteiger partial charge < -0.3 is 29.4 Å². The van der Waals surface area contributed by atoms with Crippen molar-refractivity contribution in [3.63, 3.8) is 0 Å². The number of rotatable bonds is 8. The third-order valence-electron chi connectivity index (χ3n) is 4.40. The molecule has 0 bridgehead atoms. The van der Waals surface area contributed by atoms with E-state index in [1.165, 1.54) is 0 Å². The van der Waals surface area contributed by atoms with E-state index >= 15 is 0 Å². The Bertz CT molecular complexity index is 610. The van der Waals surface area contributed by atoms with E-state index < -0.39 is 36.4 Å². The zero-order valence-electron chi connectivity index (χ0n) is 16.3.